The fourth-order valence-electron chi connectivity index (χ4n) is 1.73. The predicted octanol–water partition coefficient (Wildman–Crippen LogP) is 1.52. The van der Waals surface area contributed by atoms with Crippen LogP contribution in [0.15, 0.2) is 0 Å². The van der Waals surface area contributed by atoms with Gasteiger partial charge in [0.1, 0.15) is 0 Å². The van der Waals surface area contributed by atoms with Crippen LogP contribution in [0.1, 0.15) is 25.3 Å². The highest BCUT2D eigenvalue weighted by Gasteiger charge is 2.27. The van der Waals surface area contributed by atoms with Gasteiger partial charge in [-0.15, -0.1) is 0 Å². The topological polar surface area (TPSA) is 69.6 Å². The number of carbonyl (C=O) groups excluding carboxylic acids is 1. The predicted molar refractivity (Wildman–Crippen MR) is 65.0 cm³/mol. The lowest BCUT2D eigenvalue weighted by atomic mass is 9.98. The van der Waals surface area contributed by atoms with Crippen LogP contribution in [-0.2, 0) is 11.3 Å². The van der Waals surface area contributed by atoms with Crippen molar-refractivity contribution < 1.29 is 37.0 Å². The first kappa shape index (κ1) is 18.3. The zero-order valence-electron chi connectivity index (χ0n) is 11.5. The smallest absolute Gasteiger partial charge is 0.223 e. The van der Waals surface area contributed by atoms with Gasteiger partial charge in [0.05, 0.1) is 12.0 Å². The van der Waals surface area contributed by atoms with Gasteiger partial charge < -0.3 is 15.5 Å². The Hall–Kier alpha value is -1.74. The lowest BCUT2D eigenvalue weighted by Crippen LogP contribution is -2.35. The van der Waals surface area contributed by atoms with Gasteiger partial charge in [0.15, 0.2) is 23.3 Å². The number of hydrogen-bond acceptors (Lipinski definition) is 3. The molecule has 1 rings (SSSR count). The number of amides is 1. The van der Waals surface area contributed by atoms with Crippen LogP contribution in [-0.4, -0.2) is 28.3 Å². The fourth-order valence-corrected chi connectivity index (χ4v) is 1.73. The van der Waals surface area contributed by atoms with E-state index in [1.54, 1.807) is 0 Å². The van der Waals surface area contributed by atoms with Crippen LogP contribution in [0.4, 0.5) is 22.0 Å². The average molecular weight is 327 g/mol. The molecule has 0 heterocycles. The molecule has 1 atom stereocenters. The molecule has 1 aromatic carbocycles. The summed E-state index contributed by atoms with van der Waals surface area (Å²) in [5.41, 5.74) is -2.73. The van der Waals surface area contributed by atoms with Crippen molar-refractivity contribution in [2.75, 3.05) is 6.61 Å². The van der Waals surface area contributed by atoms with Crippen molar-refractivity contribution in [1.29, 1.82) is 0 Å². The van der Waals surface area contributed by atoms with E-state index < -0.39 is 65.7 Å². The number of benzene rings is 1. The summed E-state index contributed by atoms with van der Waals surface area (Å²) in [5, 5.41) is 20.3. The highest BCUT2D eigenvalue weighted by molar-refractivity contribution is 5.76. The summed E-state index contributed by atoms with van der Waals surface area (Å²) in [6.07, 6.45) is -0.633. The monoisotopic (exact) mass is 327 g/mol. The van der Waals surface area contributed by atoms with Crippen LogP contribution in [0.5, 0.6) is 0 Å². The largest absolute Gasteiger partial charge is 0.396 e. The van der Waals surface area contributed by atoms with E-state index in [0.717, 1.165) is 0 Å². The summed E-state index contributed by atoms with van der Waals surface area (Å²) < 4.78 is 65.5. The van der Waals surface area contributed by atoms with E-state index in [0.29, 0.717) is 0 Å². The van der Waals surface area contributed by atoms with Gasteiger partial charge in [0, 0.05) is 18.7 Å². The van der Waals surface area contributed by atoms with Crippen LogP contribution in [0, 0.1) is 29.1 Å². The van der Waals surface area contributed by atoms with E-state index in [9.17, 15) is 31.9 Å². The molecule has 1 unspecified atom stereocenters. The molecular weight excluding hydrogens is 313 g/mol. The first-order chi connectivity index (χ1) is 10.1. The maximum Gasteiger partial charge on any atom is 0.223 e. The maximum atomic E-state index is 13.4. The molecule has 1 aromatic rings. The Kier molecular flexibility index (Phi) is 5.84. The normalized spacial score (nSPS) is 13.8. The van der Waals surface area contributed by atoms with E-state index in [1.807, 2.05) is 5.32 Å². The minimum Gasteiger partial charge on any atom is -0.396 e. The first-order valence-electron chi connectivity index (χ1n) is 6.21. The SMILES string of the molecule is CC(O)(CCO)CC(=O)NCc1c(F)c(F)c(F)c(F)c1F. The molecule has 9 heteroatoms. The Balaban J connectivity index is 2.83. The number of carbonyl (C=O) groups is 1. The molecular formula is C13H14F5NO3. The minimum absolute atomic E-state index is 0.122. The maximum absolute atomic E-state index is 13.4. The van der Waals surface area contributed by atoms with Gasteiger partial charge in [0.25, 0.3) is 0 Å². The van der Waals surface area contributed by atoms with Crippen LogP contribution >= 0.6 is 0 Å². The quantitative estimate of drug-likeness (QED) is 0.422. The van der Waals surface area contributed by atoms with Gasteiger partial charge in [-0.3, -0.25) is 4.79 Å². The summed E-state index contributed by atoms with van der Waals surface area (Å²) in [4.78, 5) is 11.5. The molecule has 0 bridgehead atoms. The Labute approximate surface area is 122 Å². The number of rotatable bonds is 6. The molecule has 0 fully saturated rings. The van der Waals surface area contributed by atoms with Crippen molar-refractivity contribution in [2.45, 2.75) is 31.9 Å². The molecule has 0 aliphatic rings. The second kappa shape index (κ2) is 7.01. The van der Waals surface area contributed by atoms with Gasteiger partial charge in [-0.25, -0.2) is 22.0 Å². The Morgan fingerprint density at radius 1 is 1.05 bits per heavy atom. The zero-order valence-corrected chi connectivity index (χ0v) is 11.5. The molecule has 0 radical (unpaired) electrons. The van der Waals surface area contributed by atoms with Crippen LogP contribution in [0.2, 0.25) is 0 Å². The van der Waals surface area contributed by atoms with E-state index in [2.05, 4.69) is 0 Å². The molecule has 0 saturated heterocycles. The van der Waals surface area contributed by atoms with Gasteiger partial charge in [-0.1, -0.05) is 0 Å². The first-order valence-corrected chi connectivity index (χ1v) is 6.21. The van der Waals surface area contributed by atoms with Crippen molar-refractivity contribution in [3.05, 3.63) is 34.6 Å². The number of hydrogen-bond donors (Lipinski definition) is 3. The fraction of sp³-hybridized carbons (Fsp3) is 0.462. The summed E-state index contributed by atoms with van der Waals surface area (Å²) in [6.45, 7) is -0.0705. The Morgan fingerprint density at radius 3 is 1.95 bits per heavy atom. The molecule has 124 valence electrons. The third-order valence-corrected chi connectivity index (χ3v) is 2.95. The van der Waals surface area contributed by atoms with Gasteiger partial charge in [-0.2, -0.15) is 0 Å². The molecule has 0 aliphatic heterocycles. The molecule has 0 spiro atoms. The lowest BCUT2D eigenvalue weighted by molar-refractivity contribution is -0.126. The minimum atomic E-state index is -2.28. The van der Waals surface area contributed by atoms with Gasteiger partial charge in [-0.05, 0) is 13.3 Å². The number of aliphatic hydroxyl groups is 2. The molecule has 4 nitrogen and oxygen atoms in total. The van der Waals surface area contributed by atoms with Crippen LogP contribution in [0.25, 0.3) is 0 Å². The molecule has 3 N–H and O–H groups in total. The lowest BCUT2D eigenvalue weighted by Gasteiger charge is -2.21. The average Bonchev–Trinajstić information content (AvgIpc) is 2.42. The Morgan fingerprint density at radius 2 is 1.50 bits per heavy atom. The van der Waals surface area contributed by atoms with E-state index in [4.69, 9.17) is 5.11 Å². The third-order valence-electron chi connectivity index (χ3n) is 2.95. The van der Waals surface area contributed by atoms with Crippen molar-refractivity contribution in [2.24, 2.45) is 0 Å². The number of aliphatic hydroxyl groups excluding tert-OH is 1. The van der Waals surface area contributed by atoms with E-state index in [-0.39, 0.29) is 6.42 Å². The Bertz CT molecular complexity index is 548. The van der Waals surface area contributed by atoms with Crippen molar-refractivity contribution in [3.63, 3.8) is 0 Å². The van der Waals surface area contributed by atoms with Gasteiger partial charge >= 0.3 is 0 Å². The van der Waals surface area contributed by atoms with Crippen LogP contribution < -0.4 is 5.32 Å². The van der Waals surface area contributed by atoms with E-state index >= 15 is 0 Å². The summed E-state index contributed by atoms with van der Waals surface area (Å²) >= 11 is 0. The molecule has 1 amide bonds. The summed E-state index contributed by atoms with van der Waals surface area (Å²) in [6, 6.07) is 0. The molecule has 0 saturated carbocycles. The van der Waals surface area contributed by atoms with Crippen molar-refractivity contribution in [1.82, 2.24) is 5.32 Å². The summed E-state index contributed by atoms with van der Waals surface area (Å²) in [7, 11) is 0. The second-order valence-electron chi connectivity index (χ2n) is 4.97. The summed E-state index contributed by atoms with van der Waals surface area (Å²) in [5.74, 6) is -11.4. The third kappa shape index (κ3) is 4.14. The van der Waals surface area contributed by atoms with Gasteiger partial charge in [0.2, 0.25) is 11.7 Å². The second-order valence-corrected chi connectivity index (χ2v) is 4.97. The molecule has 22 heavy (non-hydrogen) atoms. The van der Waals surface area contributed by atoms with Crippen molar-refractivity contribution in [3.8, 4) is 0 Å². The standard InChI is InChI=1S/C13H14F5NO3/c1-13(22,2-3-20)4-7(21)19-5-6-8(14)10(16)12(18)11(17)9(6)15/h20,22H,2-5H2,1H3,(H,19,21). The molecule has 0 aromatic heterocycles. The number of nitrogens with one attached hydrogen (secondary N) is 1. The van der Waals surface area contributed by atoms with Crippen LogP contribution in [0.3, 0.4) is 0 Å². The highest BCUT2D eigenvalue weighted by Crippen LogP contribution is 2.23. The number of halogens is 5. The molecule has 0 aliphatic carbocycles. The van der Waals surface area contributed by atoms with E-state index in [1.165, 1.54) is 6.92 Å². The van der Waals surface area contributed by atoms with Crippen molar-refractivity contribution >= 4 is 5.91 Å². The zero-order chi connectivity index (χ0) is 17.1. The highest BCUT2D eigenvalue weighted by atomic mass is 19.2.